The number of benzene rings is 1. The highest BCUT2D eigenvalue weighted by molar-refractivity contribution is 14.1. The maximum absolute atomic E-state index is 12.0. The lowest BCUT2D eigenvalue weighted by Crippen LogP contribution is -2.40. The molecule has 0 spiro atoms. The predicted molar refractivity (Wildman–Crippen MR) is 84.2 cm³/mol. The van der Waals surface area contributed by atoms with E-state index in [1.54, 1.807) is 0 Å². The molecular formula is C14H13IN2O3. The molecule has 0 unspecified atom stereocenters. The minimum atomic E-state index is -0.554. The number of Topliss-reactive ketones (excluding diaryl/α,β-unsaturated/α-hetero) is 1. The van der Waals surface area contributed by atoms with Crippen LogP contribution in [0.25, 0.3) is 0 Å². The molecule has 1 heterocycles. The molecule has 0 aliphatic heterocycles. The predicted octanol–water partition coefficient (Wildman–Crippen LogP) is 1.40. The lowest BCUT2D eigenvalue weighted by Gasteiger charge is -2.09. The lowest BCUT2D eigenvalue weighted by atomic mass is 10.2. The van der Waals surface area contributed by atoms with Crippen LogP contribution < -0.4 is 11.2 Å². The van der Waals surface area contributed by atoms with Crippen LogP contribution in [-0.4, -0.2) is 14.9 Å². The van der Waals surface area contributed by atoms with E-state index >= 15 is 0 Å². The van der Waals surface area contributed by atoms with Crippen LogP contribution in [0.5, 0.6) is 0 Å². The van der Waals surface area contributed by atoms with Crippen LogP contribution in [0.3, 0.4) is 0 Å². The summed E-state index contributed by atoms with van der Waals surface area (Å²) in [6.07, 6.45) is 1.34. The number of hydrogen-bond donors (Lipinski definition) is 0. The van der Waals surface area contributed by atoms with E-state index in [4.69, 9.17) is 0 Å². The van der Waals surface area contributed by atoms with Gasteiger partial charge in [0.25, 0.3) is 5.56 Å². The smallest absolute Gasteiger partial charge is 0.295 e. The second-order valence-electron chi connectivity index (χ2n) is 4.50. The number of carbonyl (C=O) groups excluding carboxylic acids is 1. The summed E-state index contributed by atoms with van der Waals surface area (Å²) in [4.78, 5) is 35.3. The third-order valence-electron chi connectivity index (χ3n) is 3.00. The molecule has 0 radical (unpaired) electrons. The quantitative estimate of drug-likeness (QED) is 0.594. The zero-order valence-electron chi connectivity index (χ0n) is 11.1. The highest BCUT2D eigenvalue weighted by Gasteiger charge is 2.12. The summed E-state index contributed by atoms with van der Waals surface area (Å²) in [6.45, 7) is 1.64. The van der Waals surface area contributed by atoms with Crippen molar-refractivity contribution in [2.24, 2.45) is 7.05 Å². The second-order valence-corrected chi connectivity index (χ2v) is 5.75. The van der Waals surface area contributed by atoms with Gasteiger partial charge in [-0.15, -0.1) is 0 Å². The minimum absolute atomic E-state index is 0.0256. The second kappa shape index (κ2) is 5.74. The Balaban J connectivity index is 2.52. The molecule has 0 saturated heterocycles. The van der Waals surface area contributed by atoms with Crippen molar-refractivity contribution in [2.75, 3.05) is 0 Å². The van der Waals surface area contributed by atoms with Crippen molar-refractivity contribution < 1.29 is 4.79 Å². The van der Waals surface area contributed by atoms with E-state index in [-0.39, 0.29) is 11.3 Å². The van der Waals surface area contributed by atoms with E-state index < -0.39 is 11.2 Å². The Kier molecular flexibility index (Phi) is 4.22. The van der Waals surface area contributed by atoms with Gasteiger partial charge in [-0.05, 0) is 47.2 Å². The third-order valence-corrected chi connectivity index (χ3v) is 3.72. The van der Waals surface area contributed by atoms with Crippen molar-refractivity contribution in [1.29, 1.82) is 0 Å². The molecule has 0 aliphatic rings. The van der Waals surface area contributed by atoms with Crippen molar-refractivity contribution in [3.8, 4) is 0 Å². The van der Waals surface area contributed by atoms with Crippen LogP contribution >= 0.6 is 22.6 Å². The van der Waals surface area contributed by atoms with Gasteiger partial charge in [-0.2, -0.15) is 0 Å². The van der Waals surface area contributed by atoms with Gasteiger partial charge in [-0.1, -0.05) is 12.1 Å². The third kappa shape index (κ3) is 2.90. The summed E-state index contributed by atoms with van der Waals surface area (Å²) in [5.74, 6) is -0.345. The highest BCUT2D eigenvalue weighted by atomic mass is 127. The average molecular weight is 384 g/mol. The molecule has 0 N–H and O–H groups in total. The highest BCUT2D eigenvalue weighted by Crippen LogP contribution is 2.07. The van der Waals surface area contributed by atoms with E-state index in [0.29, 0.717) is 6.54 Å². The average Bonchev–Trinajstić information content (AvgIpc) is 2.41. The van der Waals surface area contributed by atoms with E-state index in [2.05, 4.69) is 22.6 Å². The summed E-state index contributed by atoms with van der Waals surface area (Å²) >= 11 is 2.20. The van der Waals surface area contributed by atoms with E-state index in [1.165, 1.54) is 24.7 Å². The Morgan fingerprint density at radius 3 is 2.35 bits per heavy atom. The molecular weight excluding hydrogens is 371 g/mol. The number of ketones is 1. The Bertz CT molecular complexity index is 772. The first kappa shape index (κ1) is 14.7. The van der Waals surface area contributed by atoms with Crippen molar-refractivity contribution in [1.82, 2.24) is 9.13 Å². The topological polar surface area (TPSA) is 61.1 Å². The molecule has 0 bridgehead atoms. The number of rotatable bonds is 3. The molecule has 104 valence electrons. The monoisotopic (exact) mass is 384 g/mol. The first-order valence-electron chi connectivity index (χ1n) is 5.96. The Morgan fingerprint density at radius 1 is 1.20 bits per heavy atom. The fourth-order valence-corrected chi connectivity index (χ4v) is 2.23. The molecule has 0 aliphatic carbocycles. The molecule has 2 rings (SSSR count). The number of hydrogen-bond acceptors (Lipinski definition) is 3. The summed E-state index contributed by atoms with van der Waals surface area (Å²) < 4.78 is 3.44. The van der Waals surface area contributed by atoms with Crippen LogP contribution in [0.4, 0.5) is 0 Å². The number of aromatic nitrogens is 2. The summed E-state index contributed by atoms with van der Waals surface area (Å²) in [5, 5.41) is 0. The van der Waals surface area contributed by atoms with Gasteiger partial charge in [0.2, 0.25) is 0 Å². The molecule has 20 heavy (non-hydrogen) atoms. The van der Waals surface area contributed by atoms with Gasteiger partial charge in [0, 0.05) is 16.8 Å². The van der Waals surface area contributed by atoms with Crippen molar-refractivity contribution in [3.63, 3.8) is 0 Å². The fraction of sp³-hybridized carbons (Fsp3) is 0.214. The summed E-state index contributed by atoms with van der Waals surface area (Å²) in [7, 11) is 1.38. The van der Waals surface area contributed by atoms with Gasteiger partial charge in [0.05, 0.1) is 12.1 Å². The molecule has 0 amide bonds. The molecule has 6 heteroatoms. The molecule has 1 aromatic carbocycles. The maximum atomic E-state index is 12.0. The number of nitrogens with zero attached hydrogens (tertiary/aromatic N) is 2. The van der Waals surface area contributed by atoms with E-state index in [1.807, 2.05) is 24.3 Å². The van der Waals surface area contributed by atoms with Crippen molar-refractivity contribution in [2.45, 2.75) is 13.5 Å². The van der Waals surface area contributed by atoms with E-state index in [0.717, 1.165) is 13.7 Å². The normalized spacial score (nSPS) is 10.6. The zero-order valence-corrected chi connectivity index (χ0v) is 13.2. The van der Waals surface area contributed by atoms with Gasteiger partial charge in [-0.25, -0.2) is 4.79 Å². The van der Waals surface area contributed by atoms with Gasteiger partial charge in [0.1, 0.15) is 0 Å². The fourth-order valence-electron chi connectivity index (χ4n) is 1.87. The van der Waals surface area contributed by atoms with Gasteiger partial charge in [-0.3, -0.25) is 18.7 Å². The van der Waals surface area contributed by atoms with Crippen LogP contribution in [0.15, 0.2) is 40.1 Å². The van der Waals surface area contributed by atoms with Gasteiger partial charge in [0.15, 0.2) is 5.78 Å². The maximum Gasteiger partial charge on any atom is 0.331 e. The largest absolute Gasteiger partial charge is 0.331 e. The zero-order chi connectivity index (χ0) is 14.9. The Morgan fingerprint density at radius 2 is 1.80 bits per heavy atom. The SMILES string of the molecule is CC(=O)c1cn(Cc2ccc(I)cc2)c(=O)n(C)c1=O. The Labute approximate surface area is 129 Å². The standard InChI is InChI=1S/C14H13IN2O3/c1-9(18)12-8-17(14(20)16(2)13(12)19)7-10-3-5-11(15)6-4-10/h3-6,8H,7H2,1-2H3. The molecule has 0 saturated carbocycles. The van der Waals surface area contributed by atoms with Crippen LogP contribution in [0, 0.1) is 3.57 Å². The molecule has 1 aromatic heterocycles. The van der Waals surface area contributed by atoms with Gasteiger partial charge >= 0.3 is 5.69 Å². The Hall–Kier alpha value is -1.70. The van der Waals surface area contributed by atoms with E-state index in [9.17, 15) is 14.4 Å². The van der Waals surface area contributed by atoms with Crippen molar-refractivity contribution >= 4 is 28.4 Å². The molecule has 0 atom stereocenters. The summed E-state index contributed by atoms with van der Waals surface area (Å²) in [5.41, 5.74) is -0.0295. The first-order chi connectivity index (χ1) is 9.40. The molecule has 2 aromatic rings. The first-order valence-corrected chi connectivity index (χ1v) is 7.04. The summed E-state index contributed by atoms with van der Waals surface area (Å²) in [6, 6.07) is 7.70. The molecule has 5 nitrogen and oxygen atoms in total. The van der Waals surface area contributed by atoms with Crippen LogP contribution in [0.1, 0.15) is 22.8 Å². The molecule has 0 fully saturated rings. The van der Waals surface area contributed by atoms with Crippen LogP contribution in [0.2, 0.25) is 0 Å². The number of halogens is 1. The minimum Gasteiger partial charge on any atom is -0.295 e. The van der Waals surface area contributed by atoms with Gasteiger partial charge < -0.3 is 0 Å². The van der Waals surface area contributed by atoms with Crippen molar-refractivity contribution in [3.05, 3.63) is 66.0 Å². The number of carbonyl (C=O) groups is 1. The lowest BCUT2D eigenvalue weighted by molar-refractivity contribution is 0.101. The van der Waals surface area contributed by atoms with Crippen LogP contribution in [-0.2, 0) is 13.6 Å².